The van der Waals surface area contributed by atoms with E-state index >= 15 is 0 Å². The molecule has 112 valence electrons. The fraction of sp³-hybridized carbons (Fsp3) is 0.533. The third kappa shape index (κ3) is 3.00. The van der Waals surface area contributed by atoms with Crippen LogP contribution in [-0.4, -0.2) is 32.1 Å². The number of carbonyl (C=O) groups is 1. The summed E-state index contributed by atoms with van der Waals surface area (Å²) in [6.45, 7) is 6.39. The van der Waals surface area contributed by atoms with Gasteiger partial charge in [-0.15, -0.1) is 10.2 Å². The van der Waals surface area contributed by atoms with Gasteiger partial charge >= 0.3 is 0 Å². The van der Waals surface area contributed by atoms with E-state index in [2.05, 4.69) is 45.4 Å². The number of aromatic nitrogens is 3. The van der Waals surface area contributed by atoms with Crippen LogP contribution < -0.4 is 0 Å². The molecule has 0 N–H and O–H groups in total. The van der Waals surface area contributed by atoms with Crippen LogP contribution in [0.15, 0.2) is 16.8 Å². The van der Waals surface area contributed by atoms with Crippen molar-refractivity contribution in [3.8, 4) is 0 Å². The Morgan fingerprint density at radius 3 is 2.95 bits per heavy atom. The molecule has 1 aliphatic heterocycles. The molecule has 0 fully saturated rings. The molecule has 3 rings (SSSR count). The first-order chi connectivity index (χ1) is 10.1. The Bertz CT molecular complexity index is 618. The second-order valence-electron chi connectivity index (χ2n) is 5.73. The summed E-state index contributed by atoms with van der Waals surface area (Å²) >= 11 is 1.68. The molecule has 0 atom stereocenters. The number of nitrogens with zero attached hydrogens (tertiary/aromatic N) is 4. The van der Waals surface area contributed by atoms with Gasteiger partial charge in [-0.05, 0) is 28.8 Å². The van der Waals surface area contributed by atoms with Crippen molar-refractivity contribution in [3.05, 3.63) is 34.0 Å². The largest absolute Gasteiger partial charge is 0.333 e. The van der Waals surface area contributed by atoms with Gasteiger partial charge in [0.05, 0.1) is 6.54 Å². The summed E-state index contributed by atoms with van der Waals surface area (Å²) in [6, 6.07) is 2.08. The Balaban J connectivity index is 1.62. The van der Waals surface area contributed by atoms with Gasteiger partial charge in [-0.3, -0.25) is 4.79 Å². The van der Waals surface area contributed by atoms with Gasteiger partial charge in [0.15, 0.2) is 5.82 Å². The summed E-state index contributed by atoms with van der Waals surface area (Å²) in [5.41, 5.74) is 1.25. The van der Waals surface area contributed by atoms with Crippen molar-refractivity contribution in [1.82, 2.24) is 19.7 Å². The predicted octanol–water partition coefficient (Wildman–Crippen LogP) is 2.44. The van der Waals surface area contributed by atoms with E-state index in [9.17, 15) is 4.79 Å². The number of rotatable bonds is 4. The summed E-state index contributed by atoms with van der Waals surface area (Å²) in [7, 11) is 0. The molecule has 0 aliphatic carbocycles. The molecule has 0 unspecified atom stereocenters. The number of aryl methyl sites for hydroxylation is 1. The number of hydrogen-bond donors (Lipinski definition) is 0. The van der Waals surface area contributed by atoms with Gasteiger partial charge in [0.25, 0.3) is 0 Å². The van der Waals surface area contributed by atoms with Crippen LogP contribution in [0.1, 0.15) is 43.4 Å². The maximum atomic E-state index is 12.3. The number of amides is 1. The van der Waals surface area contributed by atoms with E-state index in [1.807, 2.05) is 4.90 Å². The quantitative estimate of drug-likeness (QED) is 0.872. The Hall–Kier alpha value is -1.69. The smallest absolute Gasteiger partial charge is 0.223 e. The van der Waals surface area contributed by atoms with Gasteiger partial charge < -0.3 is 9.47 Å². The van der Waals surface area contributed by atoms with Crippen LogP contribution in [-0.2, 0) is 24.3 Å². The molecule has 2 aromatic heterocycles. The molecular weight excluding hydrogens is 284 g/mol. The minimum Gasteiger partial charge on any atom is -0.333 e. The van der Waals surface area contributed by atoms with Crippen LogP contribution in [0.2, 0.25) is 0 Å². The Morgan fingerprint density at radius 1 is 1.38 bits per heavy atom. The van der Waals surface area contributed by atoms with Gasteiger partial charge in [0.1, 0.15) is 5.82 Å². The summed E-state index contributed by atoms with van der Waals surface area (Å²) in [6.07, 6.45) is 1.39. The molecule has 0 radical (unpaired) electrons. The van der Waals surface area contributed by atoms with E-state index < -0.39 is 0 Å². The topological polar surface area (TPSA) is 51.0 Å². The summed E-state index contributed by atoms with van der Waals surface area (Å²) in [5.74, 6) is 2.51. The molecule has 0 spiro atoms. The molecule has 6 heteroatoms. The minimum absolute atomic E-state index is 0.210. The molecular formula is C15H20N4OS. The summed E-state index contributed by atoms with van der Waals surface area (Å²) < 4.78 is 2.16. The van der Waals surface area contributed by atoms with Crippen LogP contribution in [0, 0.1) is 0 Å². The fourth-order valence-electron chi connectivity index (χ4n) is 2.66. The van der Waals surface area contributed by atoms with Crippen LogP contribution in [0.5, 0.6) is 0 Å². The van der Waals surface area contributed by atoms with Gasteiger partial charge in [-0.2, -0.15) is 11.3 Å². The van der Waals surface area contributed by atoms with Crippen molar-refractivity contribution in [2.75, 3.05) is 6.54 Å². The average Bonchev–Trinajstić information content (AvgIpc) is 3.13. The van der Waals surface area contributed by atoms with Crippen molar-refractivity contribution in [3.63, 3.8) is 0 Å². The third-order valence-corrected chi connectivity index (χ3v) is 4.59. The lowest BCUT2D eigenvalue weighted by molar-refractivity contribution is -0.132. The zero-order valence-electron chi connectivity index (χ0n) is 12.5. The Kier molecular flexibility index (Phi) is 4.05. The van der Waals surface area contributed by atoms with Crippen LogP contribution >= 0.6 is 11.3 Å². The molecule has 0 aromatic carbocycles. The second-order valence-corrected chi connectivity index (χ2v) is 6.51. The number of hydrogen-bond acceptors (Lipinski definition) is 4. The highest BCUT2D eigenvalue weighted by atomic mass is 32.1. The van der Waals surface area contributed by atoms with Crippen molar-refractivity contribution in [1.29, 1.82) is 0 Å². The lowest BCUT2D eigenvalue weighted by Crippen LogP contribution is -2.39. The fourth-order valence-corrected chi connectivity index (χ4v) is 3.37. The molecule has 5 nitrogen and oxygen atoms in total. The molecule has 0 bridgehead atoms. The van der Waals surface area contributed by atoms with Gasteiger partial charge in [-0.1, -0.05) is 13.8 Å². The molecule has 0 saturated carbocycles. The summed E-state index contributed by atoms with van der Waals surface area (Å²) in [5, 5.41) is 12.7. The molecule has 1 amide bonds. The van der Waals surface area contributed by atoms with E-state index in [0.717, 1.165) is 31.2 Å². The average molecular weight is 304 g/mol. The van der Waals surface area contributed by atoms with E-state index in [4.69, 9.17) is 0 Å². The minimum atomic E-state index is 0.210. The lowest BCUT2D eigenvalue weighted by Gasteiger charge is -2.28. The maximum absolute atomic E-state index is 12.3. The van der Waals surface area contributed by atoms with Crippen molar-refractivity contribution < 1.29 is 4.79 Å². The zero-order chi connectivity index (χ0) is 14.8. The first-order valence-corrected chi connectivity index (χ1v) is 8.30. The molecule has 2 aromatic rings. The van der Waals surface area contributed by atoms with Crippen molar-refractivity contribution >= 4 is 17.2 Å². The SMILES string of the molecule is CC(C)c1nnc2n1CCN(C(=O)CCc1ccsc1)C2. The Labute approximate surface area is 128 Å². The number of carbonyl (C=O) groups excluding carboxylic acids is 1. The maximum Gasteiger partial charge on any atom is 0.223 e. The highest BCUT2D eigenvalue weighted by Crippen LogP contribution is 2.19. The van der Waals surface area contributed by atoms with E-state index in [0.29, 0.717) is 18.9 Å². The highest BCUT2D eigenvalue weighted by Gasteiger charge is 2.24. The van der Waals surface area contributed by atoms with E-state index in [1.54, 1.807) is 11.3 Å². The van der Waals surface area contributed by atoms with Crippen molar-refractivity contribution in [2.24, 2.45) is 0 Å². The van der Waals surface area contributed by atoms with Gasteiger partial charge in [0.2, 0.25) is 5.91 Å². The molecule has 0 saturated heterocycles. The first-order valence-electron chi connectivity index (χ1n) is 7.36. The van der Waals surface area contributed by atoms with Crippen LogP contribution in [0.4, 0.5) is 0 Å². The van der Waals surface area contributed by atoms with E-state index in [1.165, 1.54) is 5.56 Å². The number of thiophene rings is 1. The second kappa shape index (κ2) is 5.97. The highest BCUT2D eigenvalue weighted by molar-refractivity contribution is 7.07. The van der Waals surface area contributed by atoms with Crippen molar-refractivity contribution in [2.45, 2.75) is 45.7 Å². The van der Waals surface area contributed by atoms with Crippen LogP contribution in [0.25, 0.3) is 0 Å². The monoisotopic (exact) mass is 304 g/mol. The predicted molar refractivity (Wildman–Crippen MR) is 82.2 cm³/mol. The van der Waals surface area contributed by atoms with Crippen LogP contribution in [0.3, 0.4) is 0 Å². The van der Waals surface area contributed by atoms with Gasteiger partial charge in [-0.25, -0.2) is 0 Å². The zero-order valence-corrected chi connectivity index (χ0v) is 13.3. The summed E-state index contributed by atoms with van der Waals surface area (Å²) in [4.78, 5) is 14.2. The standard InChI is InChI=1S/C15H20N4OS/c1-11(2)15-17-16-13-9-18(6-7-19(13)15)14(20)4-3-12-5-8-21-10-12/h5,8,10-11H,3-4,6-7,9H2,1-2H3. The van der Waals surface area contributed by atoms with Gasteiger partial charge in [0, 0.05) is 25.4 Å². The molecule has 21 heavy (non-hydrogen) atoms. The third-order valence-electron chi connectivity index (χ3n) is 3.86. The van der Waals surface area contributed by atoms with E-state index in [-0.39, 0.29) is 5.91 Å². The normalized spacial score (nSPS) is 14.5. The lowest BCUT2D eigenvalue weighted by atomic mass is 10.1. The first kappa shape index (κ1) is 14.3. The molecule has 1 aliphatic rings. The number of fused-ring (bicyclic) bond motifs is 1. The molecule has 3 heterocycles. The Morgan fingerprint density at radius 2 is 2.24 bits per heavy atom.